The van der Waals surface area contributed by atoms with Gasteiger partial charge in [0, 0.05) is 0 Å². The minimum atomic E-state index is -0.770. The van der Waals surface area contributed by atoms with E-state index in [0.29, 0.717) is 37.1 Å². The summed E-state index contributed by atoms with van der Waals surface area (Å²) in [7, 11) is 0. The average molecular weight is 272 g/mol. The second-order valence-corrected chi connectivity index (χ2v) is 3.23. The fraction of sp³-hybridized carbons (Fsp3) is 0.143. The van der Waals surface area contributed by atoms with E-state index >= 15 is 0 Å². The molecule has 0 atom stereocenters. The maximum absolute atomic E-state index is 11.3. The number of carbonyl (C=O) groups is 1. The van der Waals surface area contributed by atoms with Crippen LogP contribution in [0.25, 0.3) is 0 Å². The van der Waals surface area contributed by atoms with Crippen molar-refractivity contribution in [2.24, 2.45) is 0 Å². The normalized spacial score (nSPS) is 9.50. The van der Waals surface area contributed by atoms with Crippen molar-refractivity contribution in [1.82, 2.24) is 2.45 Å². The van der Waals surface area contributed by atoms with E-state index in [1.54, 1.807) is 12.4 Å². The Bertz CT molecular complexity index is 415. The number of hydrogen-bond acceptors (Lipinski definition) is 5. The summed E-state index contributed by atoms with van der Waals surface area (Å²) in [6, 6.07) is 1.37. The summed E-state index contributed by atoms with van der Waals surface area (Å²) in [4.78, 5) is 22.5. The molecule has 1 rings (SSSR count). The summed E-state index contributed by atoms with van der Waals surface area (Å²) in [6.07, 6.45) is 0. The number of rotatable bonds is 2. The molecule has 14 heavy (non-hydrogen) atoms. The molecule has 0 saturated carbocycles. The van der Waals surface area contributed by atoms with Gasteiger partial charge in [-0.3, -0.25) is 0 Å². The van der Waals surface area contributed by atoms with E-state index in [1.165, 1.54) is 6.07 Å². The Labute approximate surface area is 99.6 Å². The van der Waals surface area contributed by atoms with Gasteiger partial charge in [0.2, 0.25) is 0 Å². The SMILES string of the molecule is Cc1cc(NO)c(C(=O)[NH][Y])c(=O)o1. The van der Waals surface area contributed by atoms with E-state index in [2.05, 4.69) is 2.45 Å². The van der Waals surface area contributed by atoms with Crippen molar-refractivity contribution < 1.29 is 45.7 Å². The van der Waals surface area contributed by atoms with Crippen LogP contribution in [0.4, 0.5) is 5.69 Å². The Balaban J connectivity index is 3.40. The van der Waals surface area contributed by atoms with Crippen LogP contribution in [0.2, 0.25) is 0 Å². The van der Waals surface area contributed by atoms with Crippen LogP contribution in [0.15, 0.2) is 15.3 Å². The Hall–Kier alpha value is -0.716. The topological polar surface area (TPSA) is 91.6 Å². The van der Waals surface area contributed by atoms with Crippen LogP contribution >= 0.6 is 0 Å². The van der Waals surface area contributed by atoms with Crippen molar-refractivity contribution in [2.75, 3.05) is 5.48 Å². The Morgan fingerprint density at radius 3 is 2.79 bits per heavy atom. The van der Waals surface area contributed by atoms with Crippen molar-refractivity contribution in [2.45, 2.75) is 6.92 Å². The van der Waals surface area contributed by atoms with Crippen LogP contribution in [-0.2, 0) is 31.3 Å². The van der Waals surface area contributed by atoms with Gasteiger partial charge in [-0.15, -0.1) is 0 Å². The zero-order chi connectivity index (χ0) is 10.7. The second-order valence-electron chi connectivity index (χ2n) is 2.52. The van der Waals surface area contributed by atoms with Crippen molar-refractivity contribution in [3.8, 4) is 0 Å². The molecule has 6 nitrogen and oxygen atoms in total. The monoisotopic (exact) mass is 272 g/mol. The maximum atomic E-state index is 11.3. The second kappa shape index (κ2) is 4.68. The average Bonchev–Trinajstić information content (AvgIpc) is 2.15. The van der Waals surface area contributed by atoms with Crippen molar-refractivity contribution in [1.29, 1.82) is 0 Å². The van der Waals surface area contributed by atoms with E-state index in [-0.39, 0.29) is 11.3 Å². The quantitative estimate of drug-likeness (QED) is 0.656. The summed E-state index contributed by atoms with van der Waals surface area (Å²) >= 11 is 0.476. The van der Waals surface area contributed by atoms with Crippen LogP contribution in [0, 0.1) is 6.92 Å². The first kappa shape index (κ1) is 11.4. The van der Waals surface area contributed by atoms with Crippen molar-refractivity contribution in [3.63, 3.8) is 0 Å². The molecule has 0 saturated heterocycles. The molecular weight excluding hydrogens is 265 g/mol. The van der Waals surface area contributed by atoms with Crippen LogP contribution in [0.3, 0.4) is 0 Å². The summed E-state index contributed by atoms with van der Waals surface area (Å²) in [6.45, 7) is 1.55. The first-order valence-electron chi connectivity index (χ1n) is 3.66. The van der Waals surface area contributed by atoms with E-state index in [0.717, 1.165) is 0 Å². The van der Waals surface area contributed by atoms with E-state index in [9.17, 15) is 9.59 Å². The molecule has 0 aromatic carbocycles. The van der Waals surface area contributed by atoms with Crippen molar-refractivity contribution >= 4 is 11.6 Å². The van der Waals surface area contributed by atoms with Crippen LogP contribution in [0.5, 0.6) is 0 Å². The van der Waals surface area contributed by atoms with Gasteiger partial charge in [0.1, 0.15) is 0 Å². The number of aryl methyl sites for hydroxylation is 1. The molecule has 7 heteroatoms. The van der Waals surface area contributed by atoms with E-state index in [1.807, 2.05) is 0 Å². The third-order valence-corrected chi connectivity index (χ3v) is 2.20. The summed E-state index contributed by atoms with van der Waals surface area (Å²) in [5.74, 6) is -0.242. The molecule has 1 heterocycles. The molecule has 3 N–H and O–H groups in total. The molecule has 1 aromatic heterocycles. The molecule has 0 fully saturated rings. The molecule has 0 spiro atoms. The van der Waals surface area contributed by atoms with Gasteiger partial charge >= 0.3 is 100.0 Å². The molecule has 0 aliphatic rings. The molecule has 0 bridgehead atoms. The van der Waals surface area contributed by atoms with Crippen LogP contribution < -0.4 is 13.6 Å². The molecule has 0 aliphatic carbocycles. The molecule has 1 amide bonds. The molecular formula is C7H7N2O4Y. The molecule has 0 radical (unpaired) electrons. The van der Waals surface area contributed by atoms with Gasteiger partial charge in [0.05, 0.1) is 0 Å². The Morgan fingerprint density at radius 1 is 1.64 bits per heavy atom. The minimum absolute atomic E-state index is 0.0468. The van der Waals surface area contributed by atoms with Gasteiger partial charge in [-0.25, -0.2) is 0 Å². The fourth-order valence-electron chi connectivity index (χ4n) is 0.987. The Kier molecular flexibility index (Phi) is 3.80. The zero-order valence-corrected chi connectivity index (χ0v) is 10.2. The van der Waals surface area contributed by atoms with E-state index in [4.69, 9.17) is 9.62 Å². The third kappa shape index (κ3) is 2.20. The van der Waals surface area contributed by atoms with Gasteiger partial charge in [0.15, 0.2) is 0 Å². The third-order valence-electron chi connectivity index (χ3n) is 1.55. The molecule has 0 aliphatic heterocycles. The summed E-state index contributed by atoms with van der Waals surface area (Å²) in [5.41, 5.74) is 0.846. The number of hydrogen-bond donors (Lipinski definition) is 3. The number of nitrogens with one attached hydrogen (secondary N) is 2. The predicted molar refractivity (Wildman–Crippen MR) is 42.6 cm³/mol. The Morgan fingerprint density at radius 2 is 2.29 bits per heavy atom. The van der Waals surface area contributed by atoms with Crippen LogP contribution in [0.1, 0.15) is 16.1 Å². The van der Waals surface area contributed by atoms with Gasteiger partial charge in [-0.2, -0.15) is 0 Å². The van der Waals surface area contributed by atoms with Gasteiger partial charge in [-0.05, 0) is 0 Å². The summed E-state index contributed by atoms with van der Waals surface area (Å²) in [5, 5.41) is 8.71. The fourth-order valence-corrected chi connectivity index (χ4v) is 1.34. The predicted octanol–water partition coefficient (Wildman–Crippen LogP) is -0.0591. The van der Waals surface area contributed by atoms with Gasteiger partial charge < -0.3 is 0 Å². The standard InChI is InChI=1S/C7H8N2O4.Y/c1-3-2-4(9-12)5(6(8)10)7(11)13-3;/h2H,1H3,(H4,8,9,10,11,12);/q;+1/p-1. The first-order valence-corrected chi connectivity index (χ1v) is 5.08. The summed E-state index contributed by atoms with van der Waals surface area (Å²) < 4.78 is 7.12. The number of carbonyl (C=O) groups excluding carboxylic acids is 1. The first-order chi connectivity index (χ1) is 6.60. The van der Waals surface area contributed by atoms with Crippen LogP contribution in [-0.4, -0.2) is 11.1 Å². The molecule has 72 valence electrons. The number of anilines is 1. The number of amides is 1. The zero-order valence-electron chi connectivity index (χ0n) is 7.33. The molecule has 0 unspecified atom stereocenters. The molecule has 1 aromatic rings. The van der Waals surface area contributed by atoms with Gasteiger partial charge in [0.25, 0.3) is 0 Å². The van der Waals surface area contributed by atoms with Gasteiger partial charge in [-0.1, -0.05) is 0 Å². The van der Waals surface area contributed by atoms with Crippen molar-refractivity contribution in [3.05, 3.63) is 27.8 Å². The van der Waals surface area contributed by atoms with E-state index < -0.39 is 11.5 Å².